The van der Waals surface area contributed by atoms with Gasteiger partial charge in [0.15, 0.2) is 0 Å². The minimum absolute atomic E-state index is 0.0563. The Balaban J connectivity index is 1.04. The Morgan fingerprint density at radius 2 is 1.65 bits per heavy atom. The van der Waals surface area contributed by atoms with Crippen molar-refractivity contribution in [2.45, 2.75) is 25.4 Å². The van der Waals surface area contributed by atoms with Crippen molar-refractivity contribution >= 4 is 17.6 Å². The lowest BCUT2D eigenvalue weighted by atomic mass is 10.0. The average Bonchev–Trinajstić information content (AvgIpc) is 3.50. The van der Waals surface area contributed by atoms with Crippen LogP contribution in [0.2, 0.25) is 0 Å². The number of aromatic nitrogens is 1. The van der Waals surface area contributed by atoms with Gasteiger partial charge in [-0.25, -0.2) is 9.78 Å². The number of likely N-dealkylation sites (tertiary alicyclic amines) is 1. The first-order chi connectivity index (χ1) is 19.4. The number of hydrogen-bond acceptors (Lipinski definition) is 7. The van der Waals surface area contributed by atoms with Gasteiger partial charge in [0.2, 0.25) is 11.8 Å². The van der Waals surface area contributed by atoms with Gasteiger partial charge in [-0.05, 0) is 99.2 Å². The lowest BCUT2D eigenvalue weighted by molar-refractivity contribution is -0.117. The lowest BCUT2D eigenvalue weighted by Crippen LogP contribution is -2.45. The Hall–Kier alpha value is -4.47. The number of nitrogens with zero attached hydrogens (tertiary/aromatic N) is 3. The van der Waals surface area contributed by atoms with Crippen LogP contribution < -0.4 is 10.1 Å². The molecule has 5 rings (SSSR count). The summed E-state index contributed by atoms with van der Waals surface area (Å²) in [6.45, 7) is 2.98. The van der Waals surface area contributed by atoms with E-state index in [0.717, 1.165) is 43.6 Å². The number of benzene rings is 3. The minimum atomic E-state index is -0.910. The van der Waals surface area contributed by atoms with E-state index in [0.29, 0.717) is 41.2 Å². The molecule has 1 saturated heterocycles. The van der Waals surface area contributed by atoms with Crippen molar-refractivity contribution in [3.63, 3.8) is 0 Å². The molecule has 1 aromatic heterocycles. The van der Waals surface area contributed by atoms with E-state index in [9.17, 15) is 9.59 Å². The zero-order chi connectivity index (χ0) is 27.9. The fraction of sp³-hybridized carbons (Fsp3) is 0.258. The maximum atomic E-state index is 12.7. The molecule has 1 aliphatic heterocycles. The topological polar surface area (TPSA) is 108 Å². The summed E-state index contributed by atoms with van der Waals surface area (Å²) in [5.41, 5.74) is 3.00. The largest absolute Gasteiger partial charge is 0.478 e. The Morgan fingerprint density at radius 1 is 1.00 bits per heavy atom. The molecule has 0 saturated carbocycles. The predicted octanol–water partition coefficient (Wildman–Crippen LogP) is 5.37. The number of anilines is 1. The van der Waals surface area contributed by atoms with E-state index in [1.165, 1.54) is 6.26 Å². The second kappa shape index (κ2) is 12.6. The van der Waals surface area contributed by atoms with Crippen LogP contribution in [0.5, 0.6) is 11.5 Å². The number of carboxylic acids is 1. The molecular weight excluding hydrogens is 508 g/mol. The zero-order valence-electron chi connectivity index (χ0n) is 22.3. The summed E-state index contributed by atoms with van der Waals surface area (Å²) in [6.07, 6.45) is 5.10. The number of hydrogen-bond donors (Lipinski definition) is 2. The van der Waals surface area contributed by atoms with Gasteiger partial charge in [0, 0.05) is 23.8 Å². The van der Waals surface area contributed by atoms with Crippen molar-refractivity contribution in [3.05, 3.63) is 96.4 Å². The van der Waals surface area contributed by atoms with Crippen LogP contribution in [0, 0.1) is 0 Å². The normalized spacial score (nSPS) is 14.2. The van der Waals surface area contributed by atoms with E-state index < -0.39 is 5.97 Å². The first-order valence-corrected chi connectivity index (χ1v) is 13.3. The molecule has 206 valence electrons. The van der Waals surface area contributed by atoms with Gasteiger partial charge >= 0.3 is 5.97 Å². The maximum Gasteiger partial charge on any atom is 0.335 e. The van der Waals surface area contributed by atoms with Crippen LogP contribution in [0.4, 0.5) is 5.69 Å². The van der Waals surface area contributed by atoms with E-state index in [1.54, 1.807) is 18.3 Å². The summed E-state index contributed by atoms with van der Waals surface area (Å²) in [5, 5.41) is 12.0. The third-order valence-electron chi connectivity index (χ3n) is 7.09. The highest BCUT2D eigenvalue weighted by Gasteiger charge is 2.24. The van der Waals surface area contributed by atoms with E-state index in [2.05, 4.69) is 20.1 Å². The van der Waals surface area contributed by atoms with Crippen LogP contribution >= 0.6 is 0 Å². The maximum absolute atomic E-state index is 12.7. The van der Waals surface area contributed by atoms with E-state index >= 15 is 0 Å². The molecule has 0 bridgehead atoms. The first kappa shape index (κ1) is 27.1. The summed E-state index contributed by atoms with van der Waals surface area (Å²) in [4.78, 5) is 32.4. The standard InChI is InChI=1S/C31H32N4O5/c1-34(26-14-17-35(18-15-26)20-22-2-4-24(5-3-22)31(37)38)21-29(36)33-25-8-12-28(13-9-25)40-27-10-6-23(7-11-27)30-32-16-19-39-30/h2-13,16,19,26H,14-15,17-18,20-21H2,1H3,(H,33,36)(H,37,38). The summed E-state index contributed by atoms with van der Waals surface area (Å²) in [7, 11) is 1.99. The second-order valence-electron chi connectivity index (χ2n) is 9.96. The quantitative estimate of drug-likeness (QED) is 0.277. The summed E-state index contributed by atoms with van der Waals surface area (Å²) >= 11 is 0. The molecule has 0 atom stereocenters. The molecule has 0 radical (unpaired) electrons. The smallest absolute Gasteiger partial charge is 0.335 e. The van der Waals surface area contributed by atoms with Gasteiger partial charge in [-0.1, -0.05) is 12.1 Å². The van der Waals surface area contributed by atoms with Crippen molar-refractivity contribution in [1.82, 2.24) is 14.8 Å². The third kappa shape index (κ3) is 7.13. The summed E-state index contributed by atoms with van der Waals surface area (Å²) in [5.74, 6) is 0.955. The van der Waals surface area contributed by atoms with Crippen molar-refractivity contribution < 1.29 is 23.8 Å². The van der Waals surface area contributed by atoms with Crippen molar-refractivity contribution in [2.75, 3.05) is 32.0 Å². The number of piperidine rings is 1. The van der Waals surface area contributed by atoms with Crippen LogP contribution in [0.3, 0.4) is 0 Å². The average molecular weight is 541 g/mol. The highest BCUT2D eigenvalue weighted by molar-refractivity contribution is 5.92. The fourth-order valence-electron chi connectivity index (χ4n) is 4.86. The Morgan fingerprint density at radius 3 is 2.25 bits per heavy atom. The molecule has 2 N–H and O–H groups in total. The highest BCUT2D eigenvalue weighted by Crippen LogP contribution is 2.26. The monoisotopic (exact) mass is 540 g/mol. The van der Waals surface area contributed by atoms with E-state index in [1.807, 2.05) is 67.7 Å². The molecule has 2 heterocycles. The zero-order valence-corrected chi connectivity index (χ0v) is 22.3. The molecule has 9 nitrogen and oxygen atoms in total. The van der Waals surface area contributed by atoms with Crippen LogP contribution in [0.25, 0.3) is 11.5 Å². The fourth-order valence-corrected chi connectivity index (χ4v) is 4.86. The van der Waals surface area contributed by atoms with Crippen molar-refractivity contribution in [3.8, 4) is 23.0 Å². The molecule has 0 unspecified atom stereocenters. The van der Waals surface area contributed by atoms with Gasteiger partial charge in [0.1, 0.15) is 17.8 Å². The molecule has 1 aliphatic rings. The molecule has 3 aromatic carbocycles. The number of oxazole rings is 1. The van der Waals surface area contributed by atoms with Gasteiger partial charge in [-0.2, -0.15) is 0 Å². The molecule has 0 spiro atoms. The number of nitrogens with one attached hydrogen (secondary N) is 1. The molecule has 4 aromatic rings. The summed E-state index contributed by atoms with van der Waals surface area (Å²) in [6, 6.07) is 22.2. The SMILES string of the molecule is CN(CC(=O)Nc1ccc(Oc2ccc(-c3ncco3)cc2)cc1)C1CCN(Cc2ccc(C(=O)O)cc2)CC1. The first-order valence-electron chi connectivity index (χ1n) is 13.3. The van der Waals surface area contributed by atoms with Crippen molar-refractivity contribution in [2.24, 2.45) is 0 Å². The predicted molar refractivity (Wildman–Crippen MR) is 151 cm³/mol. The molecule has 1 fully saturated rings. The number of amides is 1. The number of likely N-dealkylation sites (N-methyl/N-ethyl adjacent to an activating group) is 1. The van der Waals surface area contributed by atoms with Gasteiger partial charge in [-0.15, -0.1) is 0 Å². The van der Waals surface area contributed by atoms with Gasteiger partial charge in [0.05, 0.1) is 18.3 Å². The Kier molecular flexibility index (Phi) is 8.53. The van der Waals surface area contributed by atoms with Crippen LogP contribution in [-0.4, -0.2) is 64.5 Å². The van der Waals surface area contributed by atoms with Gasteiger partial charge in [0.25, 0.3) is 0 Å². The van der Waals surface area contributed by atoms with E-state index in [-0.39, 0.29) is 5.91 Å². The second-order valence-corrected chi connectivity index (χ2v) is 9.96. The van der Waals surface area contributed by atoms with Crippen molar-refractivity contribution in [1.29, 1.82) is 0 Å². The molecule has 9 heteroatoms. The highest BCUT2D eigenvalue weighted by atomic mass is 16.5. The Bertz CT molecular complexity index is 1400. The minimum Gasteiger partial charge on any atom is -0.478 e. The lowest BCUT2D eigenvalue weighted by Gasteiger charge is -2.36. The number of aromatic carboxylic acids is 1. The van der Waals surface area contributed by atoms with Gasteiger partial charge < -0.3 is 19.6 Å². The number of rotatable bonds is 10. The molecular formula is C31H32N4O5. The van der Waals surface area contributed by atoms with Crippen LogP contribution in [0.15, 0.2) is 89.7 Å². The van der Waals surface area contributed by atoms with E-state index in [4.69, 9.17) is 14.3 Å². The Labute approximate surface area is 233 Å². The van der Waals surface area contributed by atoms with Crippen LogP contribution in [0.1, 0.15) is 28.8 Å². The number of carboxylic acid groups (broad SMARTS) is 1. The summed E-state index contributed by atoms with van der Waals surface area (Å²) < 4.78 is 11.2. The van der Waals surface area contributed by atoms with Crippen LogP contribution in [-0.2, 0) is 11.3 Å². The number of carbonyl (C=O) groups is 2. The number of ether oxygens (including phenoxy) is 1. The molecule has 0 aliphatic carbocycles. The third-order valence-corrected chi connectivity index (χ3v) is 7.09. The molecule has 1 amide bonds. The molecule has 40 heavy (non-hydrogen) atoms. The van der Waals surface area contributed by atoms with Gasteiger partial charge in [-0.3, -0.25) is 14.6 Å². The number of carbonyl (C=O) groups excluding carboxylic acids is 1.